The SMILES string of the molecule is O=c1c2sccc2nc(Cc2ccccc2)n1-c1ccc(C(O)(C(F)(F)F)C(F)(F)F)cc1. The zero-order valence-electron chi connectivity index (χ0n) is 16.5. The number of hydrogen-bond donors (Lipinski definition) is 1. The van der Waals surface area contributed by atoms with Crippen LogP contribution >= 0.6 is 11.3 Å². The Morgan fingerprint density at radius 1 is 0.879 bits per heavy atom. The van der Waals surface area contributed by atoms with E-state index in [0.29, 0.717) is 17.6 Å². The van der Waals surface area contributed by atoms with Crippen molar-refractivity contribution in [3.63, 3.8) is 0 Å². The largest absolute Gasteiger partial charge is 0.430 e. The fraction of sp³-hybridized carbons (Fsp3) is 0.182. The highest BCUT2D eigenvalue weighted by Crippen LogP contribution is 2.50. The van der Waals surface area contributed by atoms with Crippen LogP contribution in [0.1, 0.15) is 17.0 Å². The molecule has 0 aliphatic carbocycles. The maximum Gasteiger partial charge on any atom is 0.430 e. The molecule has 2 aromatic heterocycles. The third-order valence-electron chi connectivity index (χ3n) is 5.12. The number of nitrogens with zero attached hydrogens (tertiary/aromatic N) is 2. The molecule has 1 N–H and O–H groups in total. The summed E-state index contributed by atoms with van der Waals surface area (Å²) in [7, 11) is 0. The molecule has 0 saturated carbocycles. The number of fused-ring (bicyclic) bond motifs is 1. The van der Waals surface area contributed by atoms with Gasteiger partial charge >= 0.3 is 12.4 Å². The first-order valence-corrected chi connectivity index (χ1v) is 10.3. The van der Waals surface area contributed by atoms with E-state index in [9.17, 15) is 36.2 Å². The van der Waals surface area contributed by atoms with Gasteiger partial charge in [0.05, 0.1) is 11.2 Å². The molecule has 172 valence electrons. The van der Waals surface area contributed by atoms with Gasteiger partial charge in [0.25, 0.3) is 11.2 Å². The minimum atomic E-state index is -6.00. The van der Waals surface area contributed by atoms with Gasteiger partial charge in [-0.15, -0.1) is 11.3 Å². The second-order valence-corrected chi connectivity index (χ2v) is 8.13. The summed E-state index contributed by atoms with van der Waals surface area (Å²) in [6.07, 6.45) is -11.8. The molecule has 4 rings (SSSR count). The third-order valence-corrected chi connectivity index (χ3v) is 6.01. The van der Waals surface area contributed by atoms with Gasteiger partial charge in [0, 0.05) is 12.0 Å². The van der Waals surface area contributed by atoms with Crippen LogP contribution in [0.15, 0.2) is 70.8 Å². The van der Waals surface area contributed by atoms with Crippen molar-refractivity contribution in [3.8, 4) is 5.69 Å². The van der Waals surface area contributed by atoms with Crippen LogP contribution in [-0.4, -0.2) is 27.0 Å². The van der Waals surface area contributed by atoms with Crippen LogP contribution in [0.4, 0.5) is 26.3 Å². The van der Waals surface area contributed by atoms with E-state index in [1.165, 1.54) is 0 Å². The fourth-order valence-electron chi connectivity index (χ4n) is 3.46. The first-order chi connectivity index (χ1) is 15.4. The normalized spacial score (nSPS) is 12.9. The Labute approximate surface area is 186 Å². The lowest BCUT2D eigenvalue weighted by atomic mass is 9.92. The van der Waals surface area contributed by atoms with Crippen LogP contribution in [-0.2, 0) is 12.0 Å². The van der Waals surface area contributed by atoms with Gasteiger partial charge in [-0.25, -0.2) is 4.98 Å². The van der Waals surface area contributed by atoms with Crippen molar-refractivity contribution in [2.75, 3.05) is 0 Å². The summed E-state index contributed by atoms with van der Waals surface area (Å²) in [4.78, 5) is 17.6. The average molecular weight is 484 g/mol. The standard InChI is InChI=1S/C22H14F6N2O2S/c23-21(24,25)20(32,22(26,27)28)14-6-8-15(9-7-14)30-17(12-13-4-2-1-3-5-13)29-16-10-11-33-18(16)19(30)31/h1-11,32H,12H2. The van der Waals surface area contributed by atoms with Crippen molar-refractivity contribution >= 4 is 21.6 Å². The Hall–Kier alpha value is -3.18. The van der Waals surface area contributed by atoms with Crippen molar-refractivity contribution in [1.29, 1.82) is 0 Å². The lowest BCUT2D eigenvalue weighted by molar-refractivity contribution is -0.376. The first-order valence-electron chi connectivity index (χ1n) is 9.43. The zero-order chi connectivity index (χ0) is 24.0. The van der Waals surface area contributed by atoms with Gasteiger partial charge in [-0.1, -0.05) is 42.5 Å². The molecule has 0 radical (unpaired) electrons. The number of halogens is 6. The molecule has 2 aromatic carbocycles. The molecule has 4 aromatic rings. The van der Waals surface area contributed by atoms with Crippen molar-refractivity contribution in [1.82, 2.24) is 9.55 Å². The summed E-state index contributed by atoms with van der Waals surface area (Å²) in [6.45, 7) is 0. The Bertz CT molecular complexity index is 1330. The molecule has 0 bridgehead atoms. The number of benzene rings is 2. The van der Waals surface area contributed by atoms with Crippen LogP contribution in [0.5, 0.6) is 0 Å². The van der Waals surface area contributed by atoms with E-state index >= 15 is 0 Å². The van der Waals surface area contributed by atoms with Gasteiger partial charge in [-0.2, -0.15) is 26.3 Å². The number of alkyl halides is 6. The van der Waals surface area contributed by atoms with E-state index in [-0.39, 0.29) is 22.6 Å². The molecule has 2 heterocycles. The first kappa shape index (κ1) is 23.0. The van der Waals surface area contributed by atoms with Gasteiger partial charge < -0.3 is 5.11 Å². The Morgan fingerprint density at radius 3 is 2.06 bits per heavy atom. The van der Waals surface area contributed by atoms with E-state index in [0.717, 1.165) is 33.6 Å². The highest BCUT2D eigenvalue weighted by atomic mass is 32.1. The summed E-state index contributed by atoms with van der Waals surface area (Å²) in [5, 5.41) is 11.3. The van der Waals surface area contributed by atoms with Gasteiger partial charge in [0.15, 0.2) is 0 Å². The molecule has 0 aliphatic rings. The van der Waals surface area contributed by atoms with Gasteiger partial charge in [-0.05, 0) is 29.1 Å². The lowest BCUT2D eigenvalue weighted by Crippen LogP contribution is -2.53. The predicted molar refractivity (Wildman–Crippen MR) is 110 cm³/mol. The zero-order valence-corrected chi connectivity index (χ0v) is 17.3. The van der Waals surface area contributed by atoms with E-state index in [4.69, 9.17) is 0 Å². The molecule has 0 fully saturated rings. The molecule has 0 unspecified atom stereocenters. The maximum absolute atomic E-state index is 13.2. The lowest BCUT2D eigenvalue weighted by Gasteiger charge is -2.32. The van der Waals surface area contributed by atoms with Gasteiger partial charge in [0.2, 0.25) is 0 Å². The monoisotopic (exact) mass is 484 g/mol. The minimum Gasteiger partial charge on any atom is -0.369 e. The van der Waals surface area contributed by atoms with Crippen molar-refractivity contribution in [3.05, 3.63) is 93.3 Å². The number of hydrogen-bond acceptors (Lipinski definition) is 4. The minimum absolute atomic E-state index is 0.0178. The number of rotatable bonds is 4. The van der Waals surface area contributed by atoms with E-state index < -0.39 is 29.1 Å². The summed E-state index contributed by atoms with van der Waals surface area (Å²) in [6, 6.07) is 13.5. The Morgan fingerprint density at radius 2 is 1.48 bits per heavy atom. The molecule has 0 amide bonds. The van der Waals surface area contributed by atoms with Gasteiger partial charge in [-0.3, -0.25) is 9.36 Å². The third kappa shape index (κ3) is 3.91. The molecule has 4 nitrogen and oxygen atoms in total. The highest BCUT2D eigenvalue weighted by Gasteiger charge is 2.71. The molecular weight excluding hydrogens is 470 g/mol. The van der Waals surface area contributed by atoms with Crippen LogP contribution < -0.4 is 5.56 Å². The van der Waals surface area contributed by atoms with Crippen LogP contribution in [0, 0.1) is 0 Å². The Kier molecular flexibility index (Phi) is 5.57. The van der Waals surface area contributed by atoms with E-state index in [2.05, 4.69) is 4.98 Å². The molecule has 0 spiro atoms. The quantitative estimate of drug-likeness (QED) is 0.398. The smallest absolute Gasteiger partial charge is 0.369 e. The summed E-state index contributed by atoms with van der Waals surface area (Å²) >= 11 is 1.12. The highest BCUT2D eigenvalue weighted by molar-refractivity contribution is 7.17. The molecule has 0 atom stereocenters. The Balaban J connectivity index is 1.86. The fourth-order valence-corrected chi connectivity index (χ4v) is 4.22. The van der Waals surface area contributed by atoms with Crippen molar-refractivity contribution < 1.29 is 31.4 Å². The van der Waals surface area contributed by atoms with Crippen LogP contribution in [0.2, 0.25) is 0 Å². The maximum atomic E-state index is 13.2. The van der Waals surface area contributed by atoms with Crippen molar-refractivity contribution in [2.24, 2.45) is 0 Å². The topological polar surface area (TPSA) is 55.1 Å². The molecule has 11 heteroatoms. The molecule has 0 aliphatic heterocycles. The van der Waals surface area contributed by atoms with Gasteiger partial charge in [0.1, 0.15) is 10.5 Å². The predicted octanol–water partition coefficient (Wildman–Crippen LogP) is 5.35. The van der Waals surface area contributed by atoms with E-state index in [1.54, 1.807) is 41.8 Å². The molecule has 0 saturated heterocycles. The second-order valence-electron chi connectivity index (χ2n) is 7.22. The van der Waals surface area contributed by atoms with Crippen LogP contribution in [0.3, 0.4) is 0 Å². The average Bonchev–Trinajstić information content (AvgIpc) is 3.22. The number of aliphatic hydroxyl groups is 1. The van der Waals surface area contributed by atoms with E-state index in [1.807, 2.05) is 0 Å². The van der Waals surface area contributed by atoms with Crippen molar-refractivity contribution in [2.45, 2.75) is 24.4 Å². The summed E-state index contributed by atoms with van der Waals surface area (Å²) in [5.74, 6) is 0.256. The van der Waals surface area contributed by atoms with Crippen LogP contribution in [0.25, 0.3) is 15.9 Å². The molecular formula is C22H14F6N2O2S. The number of thiophene rings is 1. The summed E-state index contributed by atoms with van der Waals surface area (Å²) in [5.41, 5.74) is -5.71. The second kappa shape index (κ2) is 7.99. The molecule has 33 heavy (non-hydrogen) atoms. The number of aromatic nitrogens is 2. The summed E-state index contributed by atoms with van der Waals surface area (Å²) < 4.78 is 80.5.